The third kappa shape index (κ3) is 4.82. The molecule has 0 amide bonds. The lowest BCUT2D eigenvalue weighted by Gasteiger charge is -2.36. The highest BCUT2D eigenvalue weighted by Gasteiger charge is 2.38. The molecule has 1 N–H and O–H groups in total. The Kier molecular flexibility index (Phi) is 8.40. The lowest BCUT2D eigenvalue weighted by Crippen LogP contribution is -2.37. The molecule has 0 spiro atoms. The van der Waals surface area contributed by atoms with Crippen LogP contribution in [0.1, 0.15) is 31.9 Å². The number of benzene rings is 2. The maximum absolute atomic E-state index is 11.5. The van der Waals surface area contributed by atoms with Gasteiger partial charge in [-0.15, -0.1) is 0 Å². The lowest BCUT2D eigenvalue weighted by atomic mass is 9.75. The predicted molar refractivity (Wildman–Crippen MR) is 137 cm³/mol. The second-order valence-corrected chi connectivity index (χ2v) is 9.06. The number of hydrogen-bond donors (Lipinski definition) is 1. The van der Waals surface area contributed by atoms with E-state index in [0.717, 1.165) is 23.0 Å². The van der Waals surface area contributed by atoms with Gasteiger partial charge in [-0.05, 0) is 49.4 Å². The van der Waals surface area contributed by atoms with Gasteiger partial charge >= 0.3 is 0 Å². The normalized spacial score (nSPS) is 19.2. The zero-order valence-corrected chi connectivity index (χ0v) is 22.3. The Morgan fingerprint density at radius 2 is 1.44 bits per heavy atom. The van der Waals surface area contributed by atoms with Gasteiger partial charge in [0.1, 0.15) is 12.9 Å². The molecule has 0 saturated carbocycles. The first kappa shape index (κ1) is 27.2. The fourth-order valence-corrected chi connectivity index (χ4v) is 4.66. The number of ether oxygens (including phenoxy) is 6. The first-order valence-electron chi connectivity index (χ1n) is 11.8. The average Bonchev–Trinajstić information content (AvgIpc) is 2.87. The Morgan fingerprint density at radius 3 is 1.94 bits per heavy atom. The molecule has 36 heavy (non-hydrogen) atoms. The molecule has 8 heteroatoms. The van der Waals surface area contributed by atoms with Crippen LogP contribution in [0.2, 0.25) is 0 Å². The maximum Gasteiger partial charge on any atom is 0.203 e. The highest BCUT2D eigenvalue weighted by molar-refractivity contribution is 5.88. The Balaban J connectivity index is 2.51. The number of aliphatic hydroxyl groups is 1. The number of fused-ring (bicyclic) bond motifs is 3. The topological polar surface area (TPSA) is 92.7 Å². The Labute approximate surface area is 212 Å². The number of aldehydes is 1. The first-order valence-corrected chi connectivity index (χ1v) is 11.8. The van der Waals surface area contributed by atoms with Gasteiger partial charge in [0.25, 0.3) is 0 Å². The largest absolute Gasteiger partial charge is 0.493 e. The molecule has 0 saturated heterocycles. The van der Waals surface area contributed by atoms with Crippen LogP contribution in [0.5, 0.6) is 34.5 Å². The van der Waals surface area contributed by atoms with Crippen LogP contribution in [0.15, 0.2) is 23.8 Å². The molecule has 0 aromatic heterocycles. The van der Waals surface area contributed by atoms with Crippen molar-refractivity contribution in [3.63, 3.8) is 0 Å². The standard InChI is InChI=1S/C28H36O8/c1-9-17(14-29)15-36-27-22-18(11-20(31-4)25(27)34-7)10-16(2)28(3,30)13-19-12-21(32-5)24(33-6)26(35-8)23(19)22/h9,11-12,14,16,30H,10,13,15H2,1-8H3/b17-9+/t16-,28-/m0/s1. The van der Waals surface area contributed by atoms with Crippen LogP contribution in [0.25, 0.3) is 11.1 Å². The summed E-state index contributed by atoms with van der Waals surface area (Å²) in [5.74, 6) is 2.51. The molecular weight excluding hydrogens is 464 g/mol. The van der Waals surface area contributed by atoms with Crippen LogP contribution in [-0.2, 0) is 17.6 Å². The van der Waals surface area contributed by atoms with Crippen LogP contribution >= 0.6 is 0 Å². The highest BCUT2D eigenvalue weighted by Crippen LogP contribution is 2.56. The summed E-state index contributed by atoms with van der Waals surface area (Å²) in [6.45, 7) is 5.65. The van der Waals surface area contributed by atoms with Crippen LogP contribution in [-0.4, -0.2) is 59.1 Å². The third-order valence-corrected chi connectivity index (χ3v) is 6.91. The Bertz CT molecular complexity index is 1150. The minimum absolute atomic E-state index is 0.0359. The van der Waals surface area contributed by atoms with Crippen molar-refractivity contribution in [2.45, 2.75) is 39.2 Å². The molecule has 2 atom stereocenters. The zero-order valence-electron chi connectivity index (χ0n) is 22.3. The van der Waals surface area contributed by atoms with Crippen molar-refractivity contribution in [1.29, 1.82) is 0 Å². The molecule has 2 aromatic rings. The monoisotopic (exact) mass is 500 g/mol. The molecule has 0 bridgehead atoms. The fourth-order valence-electron chi connectivity index (χ4n) is 4.66. The maximum atomic E-state index is 11.5. The van der Waals surface area contributed by atoms with Crippen LogP contribution < -0.4 is 28.4 Å². The van der Waals surface area contributed by atoms with E-state index in [1.54, 1.807) is 41.4 Å². The van der Waals surface area contributed by atoms with Crippen molar-refractivity contribution >= 4 is 6.29 Å². The smallest absolute Gasteiger partial charge is 0.203 e. The van der Waals surface area contributed by atoms with E-state index in [1.807, 2.05) is 26.0 Å². The van der Waals surface area contributed by atoms with Gasteiger partial charge in [-0.3, -0.25) is 4.79 Å². The Hall–Kier alpha value is -3.39. The second kappa shape index (κ2) is 11.1. The summed E-state index contributed by atoms with van der Waals surface area (Å²) < 4.78 is 34.9. The van der Waals surface area contributed by atoms with E-state index in [2.05, 4.69) is 0 Å². The van der Waals surface area contributed by atoms with Gasteiger partial charge in [0.15, 0.2) is 23.0 Å². The molecule has 0 heterocycles. The summed E-state index contributed by atoms with van der Waals surface area (Å²) >= 11 is 0. The molecule has 2 aromatic carbocycles. The van der Waals surface area contributed by atoms with E-state index in [0.29, 0.717) is 58.5 Å². The Morgan fingerprint density at radius 1 is 0.917 bits per heavy atom. The summed E-state index contributed by atoms with van der Waals surface area (Å²) in [6, 6.07) is 3.76. The van der Waals surface area contributed by atoms with Gasteiger partial charge in [0, 0.05) is 23.1 Å². The average molecular weight is 501 g/mol. The van der Waals surface area contributed by atoms with Crippen LogP contribution in [0.4, 0.5) is 0 Å². The number of rotatable bonds is 9. The van der Waals surface area contributed by atoms with Crippen molar-refractivity contribution in [2.24, 2.45) is 5.92 Å². The molecule has 0 aliphatic heterocycles. The van der Waals surface area contributed by atoms with E-state index < -0.39 is 5.60 Å². The van der Waals surface area contributed by atoms with Gasteiger partial charge < -0.3 is 33.5 Å². The minimum Gasteiger partial charge on any atom is -0.493 e. The SMILES string of the molecule is C/C=C(\C=O)COc1c(OC)c(OC)cc2c1-c1c(cc(OC)c(OC)c1OC)C[C@](C)(O)[C@@H](C)C2. The summed E-state index contributed by atoms with van der Waals surface area (Å²) in [6.07, 6.45) is 3.32. The molecule has 0 radical (unpaired) electrons. The quantitative estimate of drug-likeness (QED) is 0.400. The number of carbonyl (C=O) groups excluding carboxylic acids is 1. The lowest BCUT2D eigenvalue weighted by molar-refractivity contribution is -0.105. The predicted octanol–water partition coefficient (Wildman–Crippen LogP) is 4.41. The summed E-state index contributed by atoms with van der Waals surface area (Å²) in [4.78, 5) is 11.5. The van der Waals surface area contributed by atoms with E-state index >= 15 is 0 Å². The van der Waals surface area contributed by atoms with Gasteiger partial charge in [0.2, 0.25) is 11.5 Å². The van der Waals surface area contributed by atoms with E-state index in [-0.39, 0.29) is 12.5 Å². The van der Waals surface area contributed by atoms with Crippen LogP contribution in [0, 0.1) is 5.92 Å². The van der Waals surface area contributed by atoms with Crippen LogP contribution in [0.3, 0.4) is 0 Å². The van der Waals surface area contributed by atoms with Crippen molar-refractivity contribution in [3.8, 4) is 45.6 Å². The molecular formula is C28H36O8. The van der Waals surface area contributed by atoms with Gasteiger partial charge in [-0.1, -0.05) is 13.0 Å². The zero-order chi connectivity index (χ0) is 26.6. The van der Waals surface area contributed by atoms with E-state index in [4.69, 9.17) is 28.4 Å². The number of carbonyl (C=O) groups is 1. The molecule has 0 fully saturated rings. The molecule has 196 valence electrons. The van der Waals surface area contributed by atoms with Crippen molar-refractivity contribution < 1.29 is 38.3 Å². The number of methoxy groups -OCH3 is 5. The molecule has 0 unspecified atom stereocenters. The molecule has 1 aliphatic rings. The number of hydrogen-bond acceptors (Lipinski definition) is 8. The minimum atomic E-state index is -1.03. The van der Waals surface area contributed by atoms with Gasteiger partial charge in [-0.25, -0.2) is 0 Å². The highest BCUT2D eigenvalue weighted by atomic mass is 16.5. The number of allylic oxidation sites excluding steroid dienone is 1. The summed E-state index contributed by atoms with van der Waals surface area (Å²) in [5.41, 5.74) is 2.54. The fraction of sp³-hybridized carbons (Fsp3) is 0.464. The third-order valence-electron chi connectivity index (χ3n) is 6.91. The molecule has 8 nitrogen and oxygen atoms in total. The van der Waals surface area contributed by atoms with E-state index in [9.17, 15) is 9.90 Å². The second-order valence-electron chi connectivity index (χ2n) is 9.06. The first-order chi connectivity index (χ1) is 17.2. The van der Waals surface area contributed by atoms with Gasteiger partial charge in [-0.2, -0.15) is 0 Å². The van der Waals surface area contributed by atoms with Crippen molar-refractivity contribution in [3.05, 3.63) is 34.9 Å². The summed E-state index contributed by atoms with van der Waals surface area (Å²) in [5, 5.41) is 11.5. The van der Waals surface area contributed by atoms with Gasteiger partial charge in [0.05, 0.1) is 41.2 Å². The van der Waals surface area contributed by atoms with E-state index in [1.165, 1.54) is 7.11 Å². The molecule has 1 aliphatic carbocycles. The summed E-state index contributed by atoms with van der Waals surface area (Å²) in [7, 11) is 7.76. The molecule has 3 rings (SSSR count). The van der Waals surface area contributed by atoms with Crippen molar-refractivity contribution in [1.82, 2.24) is 0 Å². The van der Waals surface area contributed by atoms with Crippen molar-refractivity contribution in [2.75, 3.05) is 42.2 Å².